The zero-order valence-corrected chi connectivity index (χ0v) is 10.9. The van der Waals surface area contributed by atoms with Gasteiger partial charge in [0.1, 0.15) is 0 Å². The standard InChI is InChI=1S/C17H17N/c1-13-17(2,12-14-8-4-3-5-9-14)15-10-6-7-11-16(15)18-13/h3-11H,12H2,1-2H3/t17-/m0/s1. The van der Waals surface area contributed by atoms with Crippen LogP contribution in [0, 0.1) is 0 Å². The van der Waals surface area contributed by atoms with E-state index in [0.717, 1.165) is 12.1 Å². The van der Waals surface area contributed by atoms with Gasteiger partial charge in [-0.05, 0) is 37.5 Å². The lowest BCUT2D eigenvalue weighted by Crippen LogP contribution is -2.30. The number of para-hydroxylation sites is 1. The Kier molecular flexibility index (Phi) is 2.55. The number of aliphatic imine (C=N–C) groups is 1. The van der Waals surface area contributed by atoms with Gasteiger partial charge in [0, 0.05) is 11.1 Å². The topological polar surface area (TPSA) is 12.4 Å². The largest absolute Gasteiger partial charge is 0.257 e. The average molecular weight is 235 g/mol. The third kappa shape index (κ3) is 1.67. The van der Waals surface area contributed by atoms with E-state index >= 15 is 0 Å². The summed E-state index contributed by atoms with van der Waals surface area (Å²) in [5.41, 5.74) is 5.11. The van der Waals surface area contributed by atoms with Crippen LogP contribution in [0.15, 0.2) is 59.6 Å². The highest BCUT2D eigenvalue weighted by molar-refractivity contribution is 6.00. The van der Waals surface area contributed by atoms with Gasteiger partial charge in [-0.25, -0.2) is 0 Å². The normalized spacial score (nSPS) is 21.6. The molecule has 0 aliphatic carbocycles. The van der Waals surface area contributed by atoms with Crippen molar-refractivity contribution >= 4 is 11.4 Å². The van der Waals surface area contributed by atoms with E-state index in [-0.39, 0.29) is 5.41 Å². The van der Waals surface area contributed by atoms with Crippen LogP contribution in [-0.4, -0.2) is 5.71 Å². The lowest BCUT2D eigenvalue weighted by Gasteiger charge is -2.26. The summed E-state index contributed by atoms with van der Waals surface area (Å²) in [5, 5.41) is 0. The van der Waals surface area contributed by atoms with E-state index < -0.39 is 0 Å². The van der Waals surface area contributed by atoms with Gasteiger partial charge in [-0.2, -0.15) is 0 Å². The van der Waals surface area contributed by atoms with Crippen molar-refractivity contribution in [3.8, 4) is 0 Å². The Hall–Kier alpha value is -1.89. The first kappa shape index (κ1) is 11.2. The van der Waals surface area contributed by atoms with Crippen LogP contribution >= 0.6 is 0 Å². The first-order valence-corrected chi connectivity index (χ1v) is 6.39. The van der Waals surface area contributed by atoms with Gasteiger partial charge in [-0.15, -0.1) is 0 Å². The maximum atomic E-state index is 4.72. The predicted octanol–water partition coefficient (Wildman–Crippen LogP) is 4.29. The maximum Gasteiger partial charge on any atom is 0.0670 e. The van der Waals surface area contributed by atoms with E-state index in [1.54, 1.807) is 0 Å². The van der Waals surface area contributed by atoms with E-state index in [9.17, 15) is 0 Å². The molecule has 1 heteroatoms. The minimum Gasteiger partial charge on any atom is -0.257 e. The van der Waals surface area contributed by atoms with Crippen LogP contribution in [0.2, 0.25) is 0 Å². The highest BCUT2D eigenvalue weighted by Gasteiger charge is 2.36. The monoisotopic (exact) mass is 235 g/mol. The van der Waals surface area contributed by atoms with Gasteiger partial charge in [0.2, 0.25) is 0 Å². The molecular formula is C17H17N. The predicted molar refractivity (Wildman–Crippen MR) is 76.7 cm³/mol. The maximum absolute atomic E-state index is 4.72. The summed E-state index contributed by atoms with van der Waals surface area (Å²) in [5.74, 6) is 0. The molecule has 1 heterocycles. The zero-order chi connectivity index (χ0) is 12.6. The van der Waals surface area contributed by atoms with Crippen LogP contribution in [0.5, 0.6) is 0 Å². The lowest BCUT2D eigenvalue weighted by atomic mass is 9.75. The first-order chi connectivity index (χ1) is 8.70. The summed E-state index contributed by atoms with van der Waals surface area (Å²) in [6, 6.07) is 19.1. The Morgan fingerprint density at radius 1 is 0.944 bits per heavy atom. The highest BCUT2D eigenvalue weighted by Crippen LogP contribution is 2.41. The van der Waals surface area contributed by atoms with Crippen molar-refractivity contribution in [3.63, 3.8) is 0 Å². The molecule has 1 atom stereocenters. The van der Waals surface area contributed by atoms with Crippen molar-refractivity contribution in [2.24, 2.45) is 4.99 Å². The Balaban J connectivity index is 2.03. The molecule has 0 fully saturated rings. The van der Waals surface area contributed by atoms with Gasteiger partial charge in [0.05, 0.1) is 5.69 Å². The van der Waals surface area contributed by atoms with Crippen molar-refractivity contribution in [1.29, 1.82) is 0 Å². The first-order valence-electron chi connectivity index (χ1n) is 6.39. The SMILES string of the molecule is CC1=Nc2ccccc2[C@@]1(C)Cc1ccccc1. The van der Waals surface area contributed by atoms with Gasteiger partial charge in [0.15, 0.2) is 0 Å². The van der Waals surface area contributed by atoms with Crippen molar-refractivity contribution in [2.45, 2.75) is 25.7 Å². The quantitative estimate of drug-likeness (QED) is 0.736. The molecule has 0 unspecified atom stereocenters. The van der Waals surface area contributed by atoms with E-state index in [2.05, 4.69) is 68.4 Å². The molecule has 0 radical (unpaired) electrons. The number of benzene rings is 2. The smallest absolute Gasteiger partial charge is 0.0670 e. The molecular weight excluding hydrogens is 218 g/mol. The Morgan fingerprint density at radius 3 is 2.39 bits per heavy atom. The fraction of sp³-hybridized carbons (Fsp3) is 0.235. The molecule has 90 valence electrons. The van der Waals surface area contributed by atoms with Gasteiger partial charge in [-0.3, -0.25) is 4.99 Å². The summed E-state index contributed by atoms with van der Waals surface area (Å²) in [6.07, 6.45) is 1.01. The molecule has 3 rings (SSSR count). The third-order valence-electron chi connectivity index (χ3n) is 3.99. The summed E-state index contributed by atoms with van der Waals surface area (Å²) >= 11 is 0. The van der Waals surface area contributed by atoms with Crippen LogP contribution in [0.4, 0.5) is 5.69 Å². The van der Waals surface area contributed by atoms with Crippen molar-refractivity contribution < 1.29 is 0 Å². The van der Waals surface area contributed by atoms with Crippen LogP contribution in [-0.2, 0) is 11.8 Å². The van der Waals surface area contributed by atoms with Crippen molar-refractivity contribution in [1.82, 2.24) is 0 Å². The average Bonchev–Trinajstić information content (AvgIpc) is 2.63. The molecule has 0 N–H and O–H groups in total. The zero-order valence-electron chi connectivity index (χ0n) is 10.9. The third-order valence-corrected chi connectivity index (χ3v) is 3.99. The molecule has 0 saturated carbocycles. The Bertz CT molecular complexity index is 598. The molecule has 0 spiro atoms. The van der Waals surface area contributed by atoms with Crippen LogP contribution in [0.3, 0.4) is 0 Å². The molecule has 1 aliphatic heterocycles. The van der Waals surface area contributed by atoms with E-state index in [4.69, 9.17) is 4.99 Å². The van der Waals surface area contributed by atoms with E-state index in [0.29, 0.717) is 0 Å². The van der Waals surface area contributed by atoms with Crippen LogP contribution < -0.4 is 0 Å². The van der Waals surface area contributed by atoms with Gasteiger partial charge in [0.25, 0.3) is 0 Å². The molecule has 1 nitrogen and oxygen atoms in total. The highest BCUT2D eigenvalue weighted by atomic mass is 14.8. The summed E-state index contributed by atoms with van der Waals surface area (Å²) in [7, 11) is 0. The Labute approximate surface area is 108 Å². The number of fused-ring (bicyclic) bond motifs is 1. The molecule has 2 aromatic carbocycles. The molecule has 1 aliphatic rings. The second-order valence-electron chi connectivity index (χ2n) is 5.21. The van der Waals surface area contributed by atoms with Crippen molar-refractivity contribution in [2.75, 3.05) is 0 Å². The molecule has 18 heavy (non-hydrogen) atoms. The summed E-state index contributed by atoms with van der Waals surface area (Å²) < 4.78 is 0. The number of hydrogen-bond acceptors (Lipinski definition) is 1. The molecule has 0 saturated heterocycles. The van der Waals surface area contributed by atoms with E-state index in [1.165, 1.54) is 16.8 Å². The van der Waals surface area contributed by atoms with Crippen LogP contribution in [0.1, 0.15) is 25.0 Å². The summed E-state index contributed by atoms with van der Waals surface area (Å²) in [6.45, 7) is 4.44. The fourth-order valence-corrected chi connectivity index (χ4v) is 2.76. The second-order valence-corrected chi connectivity index (χ2v) is 5.21. The molecule has 0 aromatic heterocycles. The number of hydrogen-bond donors (Lipinski definition) is 0. The molecule has 0 bridgehead atoms. The lowest BCUT2D eigenvalue weighted by molar-refractivity contribution is 0.645. The van der Waals surface area contributed by atoms with Gasteiger partial charge < -0.3 is 0 Å². The second kappa shape index (κ2) is 4.09. The number of nitrogens with zero attached hydrogens (tertiary/aromatic N) is 1. The van der Waals surface area contributed by atoms with Crippen molar-refractivity contribution in [3.05, 3.63) is 65.7 Å². The fourth-order valence-electron chi connectivity index (χ4n) is 2.76. The molecule has 0 amide bonds. The van der Waals surface area contributed by atoms with Gasteiger partial charge >= 0.3 is 0 Å². The van der Waals surface area contributed by atoms with Gasteiger partial charge in [-0.1, -0.05) is 48.5 Å². The molecule has 2 aromatic rings. The minimum absolute atomic E-state index is 0.0396. The van der Waals surface area contributed by atoms with Crippen LogP contribution in [0.25, 0.3) is 0 Å². The minimum atomic E-state index is 0.0396. The summed E-state index contributed by atoms with van der Waals surface area (Å²) in [4.78, 5) is 4.72. The number of rotatable bonds is 2. The Morgan fingerprint density at radius 2 is 1.61 bits per heavy atom. The van der Waals surface area contributed by atoms with E-state index in [1.807, 2.05) is 0 Å².